The summed E-state index contributed by atoms with van der Waals surface area (Å²) in [6.07, 6.45) is -43.5. The van der Waals surface area contributed by atoms with Gasteiger partial charge >= 0.3 is 0 Å². The topological polar surface area (TPSA) is 405 Å². The number of methoxy groups -OCH3 is 2. The molecule has 15 N–H and O–H groups in total. The molecule has 5 saturated heterocycles. The van der Waals surface area contributed by atoms with Crippen LogP contribution in [-0.2, 0) is 52.1 Å². The smallest absolute Gasteiger partial charge is 0.187 e. The van der Waals surface area contributed by atoms with E-state index in [1.54, 1.807) is 0 Å². The van der Waals surface area contributed by atoms with Crippen LogP contribution in [0.3, 0.4) is 0 Å². The van der Waals surface area contributed by atoms with E-state index in [2.05, 4.69) is 0 Å². The summed E-state index contributed by atoms with van der Waals surface area (Å²) in [7, 11) is 2.62. The van der Waals surface area contributed by atoms with Gasteiger partial charge in [-0.15, -0.1) is 0 Å². The van der Waals surface area contributed by atoms with Crippen molar-refractivity contribution in [2.45, 2.75) is 154 Å². The van der Waals surface area contributed by atoms with Crippen molar-refractivity contribution in [1.29, 1.82) is 0 Å². The van der Waals surface area contributed by atoms with E-state index in [1.807, 2.05) is 0 Å². The van der Waals surface area contributed by atoms with Crippen LogP contribution in [0.15, 0.2) is 0 Å². The van der Waals surface area contributed by atoms with Crippen molar-refractivity contribution in [2.75, 3.05) is 47.3 Å². The van der Waals surface area contributed by atoms with E-state index in [1.165, 1.54) is 14.2 Å². The Hall–Kier alpha value is -1.04. The first kappa shape index (κ1) is 48.0. The molecule has 26 heteroatoms. The molecule has 0 amide bonds. The summed E-state index contributed by atoms with van der Waals surface area (Å²) in [5, 5.41) is 158. The van der Waals surface area contributed by atoms with Crippen molar-refractivity contribution in [2.24, 2.45) is 0 Å². The van der Waals surface area contributed by atoms with Crippen molar-refractivity contribution in [1.82, 2.24) is 0 Å². The molecule has 0 aromatic carbocycles. The highest BCUT2D eigenvalue weighted by molar-refractivity contribution is 4.99. The lowest BCUT2D eigenvalue weighted by atomic mass is 9.95. The molecule has 0 radical (unpaired) electrons. The fraction of sp³-hybridized carbons (Fsp3) is 1.00. The predicted octanol–water partition coefficient (Wildman–Crippen LogP) is -10.6. The molecule has 340 valence electrons. The zero-order valence-electron chi connectivity index (χ0n) is 31.2. The van der Waals surface area contributed by atoms with Gasteiger partial charge in [0.05, 0.1) is 33.0 Å². The fourth-order valence-electron chi connectivity index (χ4n) is 7.46. The monoisotopic (exact) mass is 856 g/mol. The van der Waals surface area contributed by atoms with Gasteiger partial charge in [0, 0.05) is 14.2 Å². The molecule has 0 aliphatic carbocycles. The number of hydrogen-bond acceptors (Lipinski definition) is 26. The third-order valence-electron chi connectivity index (χ3n) is 10.7. The molecular weight excluding hydrogens is 800 g/mol. The van der Waals surface area contributed by atoms with E-state index in [0.717, 1.165) is 0 Å². The van der Waals surface area contributed by atoms with Gasteiger partial charge in [0.15, 0.2) is 31.5 Å². The lowest BCUT2D eigenvalue weighted by molar-refractivity contribution is -0.393. The van der Waals surface area contributed by atoms with E-state index in [-0.39, 0.29) is 6.61 Å². The number of rotatable bonds is 15. The molecule has 5 rings (SSSR count). The van der Waals surface area contributed by atoms with Gasteiger partial charge in [-0.25, -0.2) is 0 Å². The second kappa shape index (κ2) is 20.9. The molecule has 25 atom stereocenters. The fourth-order valence-corrected chi connectivity index (χ4v) is 7.46. The van der Waals surface area contributed by atoms with Crippen LogP contribution in [0.2, 0.25) is 0 Å². The van der Waals surface area contributed by atoms with E-state index >= 15 is 0 Å². The summed E-state index contributed by atoms with van der Waals surface area (Å²) in [6, 6.07) is 0. The number of aliphatic hydroxyl groups excluding tert-OH is 15. The molecule has 58 heavy (non-hydrogen) atoms. The quantitative estimate of drug-likeness (QED) is 0.0727. The average Bonchev–Trinajstić information content (AvgIpc) is 3.21. The second-order valence-electron chi connectivity index (χ2n) is 14.4. The van der Waals surface area contributed by atoms with E-state index in [0.29, 0.717) is 0 Å². The standard InChI is InChI=1S/C32H56O26/c1-48-7-12-23(49-2)14(38)19(43)32(54-12)58-27-11(6-36)53-31(22(46)17(27)41)57-26-10(5-35)52-30(21(45)16(26)40)56-25-9(4-34)51-29(20(44)15(25)39)55-24-8(3-33)50-28(47)18(42)13(24)37/h8-47H,3-7H2,1-2H3/t8-,9-,10-,11-,12-,13-,14-,15-,16-,17-,18-,19-,20-,21-,22-,23-,24-,25-,26-,27-,28?,29-,30-,31-,32-/m1/s1. The Balaban J connectivity index is 1.22. The zero-order valence-corrected chi connectivity index (χ0v) is 31.2. The van der Waals surface area contributed by atoms with Gasteiger partial charge < -0.3 is 129 Å². The normalized spacial score (nSPS) is 51.8. The van der Waals surface area contributed by atoms with Gasteiger partial charge in [-0.2, -0.15) is 0 Å². The third kappa shape index (κ3) is 9.77. The van der Waals surface area contributed by atoms with Gasteiger partial charge in [0.1, 0.15) is 122 Å². The van der Waals surface area contributed by atoms with Crippen LogP contribution in [0.1, 0.15) is 0 Å². The average molecular weight is 857 g/mol. The van der Waals surface area contributed by atoms with Crippen molar-refractivity contribution in [3.8, 4) is 0 Å². The molecule has 0 aromatic rings. The maximum Gasteiger partial charge on any atom is 0.187 e. The lowest BCUT2D eigenvalue weighted by Crippen LogP contribution is -2.68. The summed E-state index contributed by atoms with van der Waals surface area (Å²) < 4.78 is 60.2. The summed E-state index contributed by atoms with van der Waals surface area (Å²) in [5.41, 5.74) is 0. The Morgan fingerprint density at radius 1 is 0.345 bits per heavy atom. The van der Waals surface area contributed by atoms with Crippen LogP contribution < -0.4 is 0 Å². The molecule has 1 unspecified atom stereocenters. The zero-order chi connectivity index (χ0) is 42.7. The molecule has 0 saturated carbocycles. The highest BCUT2D eigenvalue weighted by Crippen LogP contribution is 2.35. The SMILES string of the molecule is COC[C@H]1O[C@H](O[C@H]2[C@H](O)[C@@H](O)[C@@H](O[C@H]3[C@H](O)[C@@H](O)[C@@H](O[C@H]4[C@H](O)[C@@H](O)[C@@H](O[C@H]5[C@H](O)[C@@H](O)C(O)O[C@@H]5CO)O[C@@H]4CO)O[C@@H]3CO)O[C@@H]2CO)[C@H](O)[C@@H](O)[C@@H]1OC. The van der Waals surface area contributed by atoms with Gasteiger partial charge in [-0.3, -0.25) is 0 Å². The third-order valence-corrected chi connectivity index (χ3v) is 10.7. The summed E-state index contributed by atoms with van der Waals surface area (Å²) >= 11 is 0. The van der Waals surface area contributed by atoms with Crippen molar-refractivity contribution < 1.29 is 129 Å². The number of hydrogen-bond donors (Lipinski definition) is 15. The summed E-state index contributed by atoms with van der Waals surface area (Å²) in [4.78, 5) is 0. The summed E-state index contributed by atoms with van der Waals surface area (Å²) in [6.45, 7) is -3.71. The Morgan fingerprint density at radius 2 is 0.621 bits per heavy atom. The Morgan fingerprint density at radius 3 is 0.914 bits per heavy atom. The molecule has 0 aromatic heterocycles. The van der Waals surface area contributed by atoms with Gasteiger partial charge in [0.25, 0.3) is 0 Å². The first-order valence-corrected chi connectivity index (χ1v) is 18.4. The van der Waals surface area contributed by atoms with Crippen LogP contribution in [0.5, 0.6) is 0 Å². The van der Waals surface area contributed by atoms with Crippen LogP contribution in [-0.4, -0.2) is 277 Å². The largest absolute Gasteiger partial charge is 0.394 e. The van der Waals surface area contributed by atoms with Crippen molar-refractivity contribution >= 4 is 0 Å². The molecule has 26 nitrogen and oxygen atoms in total. The lowest BCUT2D eigenvalue weighted by Gasteiger charge is -2.49. The van der Waals surface area contributed by atoms with Gasteiger partial charge in [-0.05, 0) is 0 Å². The molecule has 5 aliphatic rings. The van der Waals surface area contributed by atoms with Gasteiger partial charge in [0.2, 0.25) is 0 Å². The molecule has 0 spiro atoms. The minimum atomic E-state index is -2.10. The minimum Gasteiger partial charge on any atom is -0.394 e. The second-order valence-corrected chi connectivity index (χ2v) is 14.4. The van der Waals surface area contributed by atoms with Crippen LogP contribution in [0.4, 0.5) is 0 Å². The first-order valence-electron chi connectivity index (χ1n) is 18.4. The van der Waals surface area contributed by atoms with E-state index < -0.39 is 180 Å². The van der Waals surface area contributed by atoms with Crippen molar-refractivity contribution in [3.63, 3.8) is 0 Å². The van der Waals surface area contributed by atoms with E-state index in [9.17, 15) is 76.6 Å². The minimum absolute atomic E-state index is 0.105. The summed E-state index contributed by atoms with van der Waals surface area (Å²) in [5.74, 6) is 0. The maximum absolute atomic E-state index is 11.1. The highest BCUT2D eigenvalue weighted by Gasteiger charge is 2.56. The maximum atomic E-state index is 11.1. The Labute approximate surface area is 329 Å². The highest BCUT2D eigenvalue weighted by atomic mass is 16.8. The van der Waals surface area contributed by atoms with Crippen molar-refractivity contribution in [3.05, 3.63) is 0 Å². The number of aliphatic hydroxyl groups is 15. The van der Waals surface area contributed by atoms with Gasteiger partial charge in [-0.1, -0.05) is 0 Å². The van der Waals surface area contributed by atoms with E-state index in [4.69, 9.17) is 52.1 Å². The van der Waals surface area contributed by atoms with Crippen LogP contribution in [0.25, 0.3) is 0 Å². The molecule has 5 fully saturated rings. The van der Waals surface area contributed by atoms with Crippen LogP contribution in [0, 0.1) is 0 Å². The Kier molecular flexibility index (Phi) is 17.3. The predicted molar refractivity (Wildman–Crippen MR) is 176 cm³/mol. The number of ether oxygens (including phenoxy) is 11. The molecule has 0 bridgehead atoms. The molecule has 5 heterocycles. The first-order chi connectivity index (χ1) is 27.6. The van der Waals surface area contributed by atoms with Crippen LogP contribution >= 0.6 is 0 Å². The molecule has 5 aliphatic heterocycles. The molecular formula is C32H56O26. The Bertz CT molecular complexity index is 1230.